The molecular formula is C17H12BrF3N2O2. The lowest BCUT2D eigenvalue weighted by molar-refractivity contribution is -0.198. The van der Waals surface area contributed by atoms with Crippen LogP contribution in [0.4, 0.5) is 18.0 Å². The molecule has 1 N–H and O–H groups in total. The summed E-state index contributed by atoms with van der Waals surface area (Å²) in [6.07, 6.45) is -4.98. The van der Waals surface area contributed by atoms with Crippen molar-refractivity contribution >= 4 is 27.9 Å². The number of rotatable bonds is 3. The van der Waals surface area contributed by atoms with Crippen LogP contribution in [0.1, 0.15) is 11.1 Å². The summed E-state index contributed by atoms with van der Waals surface area (Å²) in [5, 5.41) is 1.86. The van der Waals surface area contributed by atoms with Gasteiger partial charge < -0.3 is 5.32 Å². The normalized spacial score (nSPS) is 20.7. The van der Waals surface area contributed by atoms with Crippen LogP contribution in [0.25, 0.3) is 0 Å². The number of hydrogen-bond donors (Lipinski definition) is 1. The highest BCUT2D eigenvalue weighted by Crippen LogP contribution is 2.43. The van der Waals surface area contributed by atoms with E-state index in [0.29, 0.717) is 10.5 Å². The maximum absolute atomic E-state index is 13.8. The minimum Gasteiger partial charge on any atom is -0.312 e. The molecule has 1 aliphatic rings. The minimum absolute atomic E-state index is 0.247. The van der Waals surface area contributed by atoms with E-state index in [9.17, 15) is 22.8 Å². The van der Waals surface area contributed by atoms with Crippen molar-refractivity contribution in [2.75, 3.05) is 0 Å². The lowest BCUT2D eigenvalue weighted by Gasteiger charge is -2.29. The molecule has 0 saturated carbocycles. The molecule has 0 aliphatic carbocycles. The van der Waals surface area contributed by atoms with Gasteiger partial charge in [-0.2, -0.15) is 13.2 Å². The Morgan fingerprint density at radius 1 is 1.00 bits per heavy atom. The standard InChI is InChI=1S/C17H12BrF3N2O2/c18-13-8-6-11(7-9-13)10-23-14(24)16(17(19,20)21,22-15(23)25)12-4-2-1-3-5-12/h1-9H,10H2,(H,22,25). The molecule has 25 heavy (non-hydrogen) atoms. The highest BCUT2D eigenvalue weighted by molar-refractivity contribution is 9.10. The van der Waals surface area contributed by atoms with E-state index in [2.05, 4.69) is 15.9 Å². The van der Waals surface area contributed by atoms with Crippen LogP contribution >= 0.6 is 15.9 Å². The molecule has 4 nitrogen and oxygen atoms in total. The number of imide groups is 1. The van der Waals surface area contributed by atoms with Crippen LogP contribution in [-0.2, 0) is 16.9 Å². The van der Waals surface area contributed by atoms with Gasteiger partial charge in [0.1, 0.15) is 0 Å². The zero-order valence-corrected chi connectivity index (χ0v) is 14.3. The number of benzene rings is 2. The summed E-state index contributed by atoms with van der Waals surface area (Å²) in [7, 11) is 0. The Morgan fingerprint density at radius 3 is 2.16 bits per heavy atom. The van der Waals surface area contributed by atoms with E-state index in [4.69, 9.17) is 0 Å². The van der Waals surface area contributed by atoms with Crippen LogP contribution in [0.15, 0.2) is 59.1 Å². The average Bonchev–Trinajstić information content (AvgIpc) is 2.83. The fourth-order valence-electron chi connectivity index (χ4n) is 2.73. The van der Waals surface area contributed by atoms with Gasteiger partial charge in [0.2, 0.25) is 5.54 Å². The summed E-state index contributed by atoms with van der Waals surface area (Å²) in [4.78, 5) is 25.4. The highest BCUT2D eigenvalue weighted by atomic mass is 79.9. The molecule has 0 bridgehead atoms. The molecule has 130 valence electrons. The number of hydrogen-bond acceptors (Lipinski definition) is 2. The molecule has 2 aromatic carbocycles. The first-order chi connectivity index (χ1) is 11.8. The van der Waals surface area contributed by atoms with Crippen molar-refractivity contribution in [1.82, 2.24) is 10.2 Å². The first kappa shape index (κ1) is 17.5. The molecule has 1 fully saturated rings. The van der Waals surface area contributed by atoms with Crippen LogP contribution in [0, 0.1) is 0 Å². The summed E-state index contributed by atoms with van der Waals surface area (Å²) in [5.41, 5.74) is -2.85. The van der Waals surface area contributed by atoms with Crippen molar-refractivity contribution in [3.63, 3.8) is 0 Å². The number of nitrogens with zero attached hydrogens (tertiary/aromatic N) is 1. The number of urea groups is 1. The number of carbonyl (C=O) groups is 2. The summed E-state index contributed by atoms with van der Waals surface area (Å²) < 4.78 is 42.2. The van der Waals surface area contributed by atoms with Gasteiger partial charge in [-0.25, -0.2) is 4.79 Å². The molecule has 1 unspecified atom stereocenters. The molecule has 1 aliphatic heterocycles. The monoisotopic (exact) mass is 412 g/mol. The van der Waals surface area contributed by atoms with Crippen molar-refractivity contribution in [1.29, 1.82) is 0 Å². The Morgan fingerprint density at radius 2 is 1.60 bits per heavy atom. The molecule has 2 aromatic rings. The van der Waals surface area contributed by atoms with Crippen LogP contribution in [0.5, 0.6) is 0 Å². The molecular weight excluding hydrogens is 401 g/mol. The second-order valence-electron chi connectivity index (χ2n) is 5.56. The van der Waals surface area contributed by atoms with Crippen LogP contribution in [0.3, 0.4) is 0 Å². The van der Waals surface area contributed by atoms with Gasteiger partial charge in [-0.1, -0.05) is 58.4 Å². The molecule has 8 heteroatoms. The highest BCUT2D eigenvalue weighted by Gasteiger charge is 2.68. The van der Waals surface area contributed by atoms with E-state index >= 15 is 0 Å². The topological polar surface area (TPSA) is 49.4 Å². The van der Waals surface area contributed by atoms with Crippen molar-refractivity contribution < 1.29 is 22.8 Å². The number of carbonyl (C=O) groups excluding carboxylic acids is 2. The zero-order chi connectivity index (χ0) is 18.2. The van der Waals surface area contributed by atoms with Crippen molar-refractivity contribution in [3.05, 3.63) is 70.2 Å². The van der Waals surface area contributed by atoms with Crippen LogP contribution in [0.2, 0.25) is 0 Å². The van der Waals surface area contributed by atoms with E-state index < -0.39 is 23.7 Å². The SMILES string of the molecule is O=C1NC(c2ccccc2)(C(F)(F)F)C(=O)N1Cc1ccc(Br)cc1. The first-order valence-electron chi connectivity index (χ1n) is 7.26. The van der Waals surface area contributed by atoms with Gasteiger partial charge in [-0.15, -0.1) is 0 Å². The predicted octanol–water partition coefficient (Wildman–Crippen LogP) is 3.96. The Labute approximate surface area is 149 Å². The number of alkyl halides is 3. The second-order valence-corrected chi connectivity index (χ2v) is 6.48. The largest absolute Gasteiger partial charge is 0.425 e. The van der Waals surface area contributed by atoms with E-state index in [1.807, 2.05) is 5.32 Å². The third-order valence-corrected chi connectivity index (χ3v) is 4.52. The first-order valence-corrected chi connectivity index (χ1v) is 8.06. The summed E-state index contributed by atoms with van der Waals surface area (Å²) in [6, 6.07) is 12.2. The fourth-order valence-corrected chi connectivity index (χ4v) is 3.00. The molecule has 3 amide bonds. The van der Waals surface area contributed by atoms with E-state index in [1.54, 1.807) is 24.3 Å². The third-order valence-electron chi connectivity index (χ3n) is 3.99. The maximum atomic E-state index is 13.8. The second kappa shape index (κ2) is 6.18. The lowest BCUT2D eigenvalue weighted by Crippen LogP contribution is -2.55. The van der Waals surface area contributed by atoms with Crippen LogP contribution < -0.4 is 5.32 Å². The fraction of sp³-hybridized carbons (Fsp3) is 0.176. The zero-order valence-electron chi connectivity index (χ0n) is 12.7. The van der Waals surface area contributed by atoms with E-state index in [0.717, 1.165) is 4.47 Å². The Kier molecular flexibility index (Phi) is 4.32. The predicted molar refractivity (Wildman–Crippen MR) is 87.4 cm³/mol. The van der Waals surface area contributed by atoms with Gasteiger partial charge in [0.25, 0.3) is 5.91 Å². The smallest absolute Gasteiger partial charge is 0.312 e. The molecule has 0 spiro atoms. The Hall–Kier alpha value is -2.35. The van der Waals surface area contributed by atoms with Crippen LogP contribution in [-0.4, -0.2) is 23.0 Å². The Bertz CT molecular complexity index is 809. The molecule has 3 rings (SSSR count). The van der Waals surface area contributed by atoms with Crippen molar-refractivity contribution in [2.24, 2.45) is 0 Å². The molecule has 1 saturated heterocycles. The van der Waals surface area contributed by atoms with Crippen molar-refractivity contribution in [3.8, 4) is 0 Å². The van der Waals surface area contributed by atoms with Crippen molar-refractivity contribution in [2.45, 2.75) is 18.3 Å². The van der Waals surface area contributed by atoms with Gasteiger partial charge in [0.05, 0.1) is 6.54 Å². The van der Waals surface area contributed by atoms with E-state index in [1.165, 1.54) is 30.3 Å². The minimum atomic E-state index is -4.98. The van der Waals surface area contributed by atoms with Gasteiger partial charge in [0.15, 0.2) is 0 Å². The average molecular weight is 413 g/mol. The molecule has 1 atom stereocenters. The number of amides is 3. The molecule has 0 aromatic heterocycles. The van der Waals surface area contributed by atoms with Gasteiger partial charge >= 0.3 is 12.2 Å². The quantitative estimate of drug-likeness (QED) is 0.775. The third kappa shape index (κ3) is 2.90. The van der Waals surface area contributed by atoms with E-state index in [-0.39, 0.29) is 12.1 Å². The van der Waals surface area contributed by atoms with Gasteiger partial charge in [0, 0.05) is 4.47 Å². The summed E-state index contributed by atoms with van der Waals surface area (Å²) in [5.74, 6) is -1.33. The molecule has 1 heterocycles. The number of halogens is 4. The van der Waals surface area contributed by atoms with Gasteiger partial charge in [-0.05, 0) is 23.3 Å². The summed E-state index contributed by atoms with van der Waals surface area (Å²) >= 11 is 3.25. The molecule has 0 radical (unpaired) electrons. The lowest BCUT2D eigenvalue weighted by atomic mass is 9.89. The van der Waals surface area contributed by atoms with Gasteiger partial charge in [-0.3, -0.25) is 9.69 Å². The Balaban J connectivity index is 2.01. The number of nitrogens with one attached hydrogen (secondary N) is 1. The maximum Gasteiger partial charge on any atom is 0.425 e. The summed E-state index contributed by atoms with van der Waals surface area (Å²) in [6.45, 7) is -0.247.